The minimum atomic E-state index is 0.266. The van der Waals surface area contributed by atoms with E-state index < -0.39 is 0 Å². The Hall–Kier alpha value is -3.28. The van der Waals surface area contributed by atoms with Gasteiger partial charge in [0.05, 0.1) is 0 Å². The van der Waals surface area contributed by atoms with Crippen LogP contribution in [0.3, 0.4) is 0 Å². The van der Waals surface area contributed by atoms with E-state index in [1.807, 2.05) is 49.6 Å². The second-order valence-electron chi connectivity index (χ2n) is 7.80. The first kappa shape index (κ1) is 21.0. The van der Waals surface area contributed by atoms with Crippen molar-refractivity contribution in [3.05, 3.63) is 84.4 Å². The monoisotopic (exact) mass is 417 g/mol. The number of para-hydroxylation sites is 1. The molecule has 3 aromatic rings. The van der Waals surface area contributed by atoms with Crippen LogP contribution in [0.1, 0.15) is 24.2 Å². The van der Waals surface area contributed by atoms with Gasteiger partial charge in [-0.1, -0.05) is 48.5 Å². The predicted octanol–water partition coefficient (Wildman–Crippen LogP) is 3.59. The van der Waals surface area contributed by atoms with Gasteiger partial charge in [0, 0.05) is 64.9 Å². The van der Waals surface area contributed by atoms with Crippen LogP contribution in [-0.4, -0.2) is 53.2 Å². The third-order valence-corrected chi connectivity index (χ3v) is 5.63. The van der Waals surface area contributed by atoms with E-state index in [1.165, 1.54) is 5.56 Å². The minimum absolute atomic E-state index is 0.266. The molecule has 1 fully saturated rings. The lowest BCUT2D eigenvalue weighted by atomic mass is 10.1. The van der Waals surface area contributed by atoms with Gasteiger partial charge in [-0.25, -0.2) is 4.98 Å². The number of nitrogens with one attached hydrogen (secondary N) is 1. The van der Waals surface area contributed by atoms with Crippen molar-refractivity contribution in [1.29, 1.82) is 0 Å². The van der Waals surface area contributed by atoms with E-state index in [1.54, 1.807) is 0 Å². The van der Waals surface area contributed by atoms with Crippen LogP contribution in [0.15, 0.2) is 78.0 Å². The highest BCUT2D eigenvalue weighted by Crippen LogP contribution is 2.18. The summed E-state index contributed by atoms with van der Waals surface area (Å²) >= 11 is 0. The number of likely N-dealkylation sites (tertiary alicyclic amines) is 1. The molecule has 0 radical (unpaired) electrons. The molecule has 1 saturated heterocycles. The highest BCUT2D eigenvalue weighted by molar-refractivity contribution is 5.79. The predicted molar refractivity (Wildman–Crippen MR) is 125 cm³/mol. The summed E-state index contributed by atoms with van der Waals surface area (Å²) in [4.78, 5) is 11.4. The first-order valence-corrected chi connectivity index (χ1v) is 11.0. The Labute approximate surface area is 184 Å². The lowest BCUT2D eigenvalue weighted by Crippen LogP contribution is -2.48. The summed E-state index contributed by atoms with van der Waals surface area (Å²) in [6.07, 6.45) is 7.04. The number of imidazole rings is 1. The Kier molecular flexibility index (Phi) is 7.21. The van der Waals surface area contributed by atoms with Gasteiger partial charge in [0.15, 0.2) is 5.96 Å². The van der Waals surface area contributed by atoms with E-state index >= 15 is 0 Å². The lowest BCUT2D eigenvalue weighted by Gasteiger charge is -2.34. The Morgan fingerprint density at radius 2 is 1.77 bits per heavy atom. The molecular formula is C25H31N5O. The molecule has 0 bridgehead atoms. The largest absolute Gasteiger partial charge is 0.490 e. The molecule has 0 amide bonds. The van der Waals surface area contributed by atoms with E-state index in [0.717, 1.165) is 63.0 Å². The van der Waals surface area contributed by atoms with E-state index in [9.17, 15) is 0 Å². The van der Waals surface area contributed by atoms with Crippen LogP contribution in [-0.2, 0) is 13.0 Å². The average molecular weight is 418 g/mol. The number of hydrogen-bond acceptors (Lipinski definition) is 3. The number of guanidine groups is 1. The van der Waals surface area contributed by atoms with Crippen molar-refractivity contribution < 1.29 is 4.74 Å². The zero-order valence-electron chi connectivity index (χ0n) is 18.2. The molecule has 162 valence electrons. The molecule has 1 N–H and O–H groups in total. The second kappa shape index (κ2) is 10.7. The maximum atomic E-state index is 6.11. The van der Waals surface area contributed by atoms with Crippen molar-refractivity contribution in [2.75, 3.05) is 26.7 Å². The first-order valence-electron chi connectivity index (χ1n) is 11.0. The Balaban J connectivity index is 1.23. The molecule has 6 heteroatoms. The topological polar surface area (TPSA) is 54.7 Å². The van der Waals surface area contributed by atoms with E-state index in [0.29, 0.717) is 0 Å². The molecule has 0 spiro atoms. The van der Waals surface area contributed by atoms with Crippen LogP contribution in [0, 0.1) is 0 Å². The number of nitrogens with zero attached hydrogens (tertiary/aromatic N) is 4. The molecular weight excluding hydrogens is 386 g/mol. The summed E-state index contributed by atoms with van der Waals surface area (Å²) in [5.74, 6) is 3.00. The molecule has 1 aliphatic rings. The molecule has 6 nitrogen and oxygen atoms in total. The second-order valence-corrected chi connectivity index (χ2v) is 7.80. The van der Waals surface area contributed by atoms with Crippen molar-refractivity contribution in [2.45, 2.75) is 31.9 Å². The molecule has 1 aliphatic heterocycles. The highest BCUT2D eigenvalue weighted by atomic mass is 16.5. The fourth-order valence-corrected chi connectivity index (χ4v) is 3.99. The van der Waals surface area contributed by atoms with Gasteiger partial charge >= 0.3 is 0 Å². The van der Waals surface area contributed by atoms with E-state index in [-0.39, 0.29) is 6.10 Å². The van der Waals surface area contributed by atoms with Gasteiger partial charge in [0.2, 0.25) is 0 Å². The minimum Gasteiger partial charge on any atom is -0.490 e. The molecule has 0 unspecified atom stereocenters. The standard InChI is InChI=1S/C25H31N5O/c1-26-25(29-17-13-23(14-18-29)31-22-10-6-3-7-11-22)28-15-12-24-27-16-19-30(24)20-21-8-4-2-5-9-21/h2-11,16,19,23H,12-15,17-18,20H2,1H3,(H,26,28). The van der Waals surface area contributed by atoms with Crippen molar-refractivity contribution in [2.24, 2.45) is 4.99 Å². The van der Waals surface area contributed by atoms with Crippen molar-refractivity contribution in [1.82, 2.24) is 19.8 Å². The number of aliphatic imine (C=N–C) groups is 1. The SMILES string of the molecule is CN=C(NCCc1nccn1Cc1ccccc1)N1CCC(Oc2ccccc2)CC1. The van der Waals surface area contributed by atoms with Gasteiger partial charge in [-0.2, -0.15) is 0 Å². The van der Waals surface area contributed by atoms with Crippen LogP contribution in [0.4, 0.5) is 0 Å². The van der Waals surface area contributed by atoms with Crippen molar-refractivity contribution in [3.8, 4) is 5.75 Å². The van der Waals surface area contributed by atoms with Crippen LogP contribution in [0.2, 0.25) is 0 Å². The number of piperidine rings is 1. The lowest BCUT2D eigenvalue weighted by molar-refractivity contribution is 0.129. The third kappa shape index (κ3) is 5.87. The Morgan fingerprint density at radius 3 is 2.48 bits per heavy atom. The molecule has 2 heterocycles. The van der Waals surface area contributed by atoms with Gasteiger partial charge in [-0.05, 0) is 17.7 Å². The fraction of sp³-hybridized carbons (Fsp3) is 0.360. The number of aromatic nitrogens is 2. The number of hydrogen-bond donors (Lipinski definition) is 1. The average Bonchev–Trinajstić information content (AvgIpc) is 3.25. The summed E-state index contributed by atoms with van der Waals surface area (Å²) in [7, 11) is 1.85. The molecule has 0 saturated carbocycles. The van der Waals surface area contributed by atoms with E-state index in [4.69, 9.17) is 4.74 Å². The molecule has 1 aromatic heterocycles. The van der Waals surface area contributed by atoms with Gasteiger partial charge < -0.3 is 19.5 Å². The third-order valence-electron chi connectivity index (χ3n) is 5.63. The maximum absolute atomic E-state index is 6.11. The van der Waals surface area contributed by atoms with Gasteiger partial charge in [0.25, 0.3) is 0 Å². The van der Waals surface area contributed by atoms with Crippen LogP contribution in [0.25, 0.3) is 0 Å². The normalized spacial score (nSPS) is 15.1. The van der Waals surface area contributed by atoms with Crippen LogP contribution < -0.4 is 10.1 Å². The van der Waals surface area contributed by atoms with Crippen molar-refractivity contribution >= 4 is 5.96 Å². The smallest absolute Gasteiger partial charge is 0.193 e. The Morgan fingerprint density at radius 1 is 1.06 bits per heavy atom. The number of benzene rings is 2. The van der Waals surface area contributed by atoms with Gasteiger partial charge in [-0.3, -0.25) is 4.99 Å². The summed E-state index contributed by atoms with van der Waals surface area (Å²) in [6.45, 7) is 3.54. The first-order chi connectivity index (χ1) is 15.3. The number of ether oxygens (including phenoxy) is 1. The quantitative estimate of drug-likeness (QED) is 0.472. The van der Waals surface area contributed by atoms with E-state index in [2.05, 4.69) is 55.2 Å². The van der Waals surface area contributed by atoms with Crippen molar-refractivity contribution in [3.63, 3.8) is 0 Å². The highest BCUT2D eigenvalue weighted by Gasteiger charge is 2.22. The summed E-state index contributed by atoms with van der Waals surface area (Å²) in [6, 6.07) is 20.6. The van der Waals surface area contributed by atoms with Gasteiger partial charge in [-0.15, -0.1) is 0 Å². The van der Waals surface area contributed by atoms with Gasteiger partial charge in [0.1, 0.15) is 17.7 Å². The van der Waals surface area contributed by atoms with Crippen LogP contribution >= 0.6 is 0 Å². The summed E-state index contributed by atoms with van der Waals surface area (Å²) < 4.78 is 8.33. The molecule has 31 heavy (non-hydrogen) atoms. The fourth-order valence-electron chi connectivity index (χ4n) is 3.99. The summed E-state index contributed by atoms with van der Waals surface area (Å²) in [5, 5.41) is 3.51. The maximum Gasteiger partial charge on any atom is 0.193 e. The Bertz CT molecular complexity index is 946. The molecule has 0 aliphatic carbocycles. The molecule has 4 rings (SSSR count). The zero-order chi connectivity index (χ0) is 21.3. The zero-order valence-corrected chi connectivity index (χ0v) is 18.2. The molecule has 0 atom stereocenters. The van der Waals surface area contributed by atoms with Crippen LogP contribution in [0.5, 0.6) is 5.75 Å². The molecule has 2 aromatic carbocycles. The summed E-state index contributed by atoms with van der Waals surface area (Å²) in [5.41, 5.74) is 1.28. The number of rotatable bonds is 7.